The quantitative estimate of drug-likeness (QED) is 0.425. The molecule has 0 saturated heterocycles. The van der Waals surface area contributed by atoms with Gasteiger partial charge < -0.3 is 14.6 Å². The minimum Gasteiger partial charge on any atom is -0.495 e. The molecule has 4 aromatic rings. The van der Waals surface area contributed by atoms with E-state index in [0.717, 1.165) is 33.6 Å². The standard InChI is InChI=1S/C27H22FN3O2/c1-17-15-31(16-29-17)24-12-11-18(14-25(24)33-2)13-23(28)27(32)30-26-21-9-5-3-7-19(21)20-8-4-6-10-22(20)26/h3-16,26H,1-2H3,(H,30,32)/b23-13-. The van der Waals surface area contributed by atoms with Gasteiger partial charge in [-0.05, 0) is 52.9 Å². The lowest BCUT2D eigenvalue weighted by Crippen LogP contribution is -2.28. The maximum atomic E-state index is 14.9. The Bertz CT molecular complexity index is 1340. The highest BCUT2D eigenvalue weighted by molar-refractivity contribution is 5.97. The summed E-state index contributed by atoms with van der Waals surface area (Å²) in [6.45, 7) is 1.90. The molecule has 5 nitrogen and oxygen atoms in total. The minimum atomic E-state index is -0.870. The van der Waals surface area contributed by atoms with Crippen LogP contribution in [0.1, 0.15) is 28.4 Å². The zero-order chi connectivity index (χ0) is 22.9. The number of halogens is 1. The monoisotopic (exact) mass is 439 g/mol. The van der Waals surface area contributed by atoms with Gasteiger partial charge in [-0.25, -0.2) is 9.37 Å². The van der Waals surface area contributed by atoms with Crippen molar-refractivity contribution < 1.29 is 13.9 Å². The van der Waals surface area contributed by atoms with E-state index in [1.54, 1.807) is 31.6 Å². The summed E-state index contributed by atoms with van der Waals surface area (Å²) in [5, 5.41) is 2.85. The molecule has 1 heterocycles. The fourth-order valence-corrected chi connectivity index (χ4v) is 4.27. The summed E-state index contributed by atoms with van der Waals surface area (Å²) in [4.78, 5) is 17.0. The third kappa shape index (κ3) is 3.80. The number of fused-ring (bicyclic) bond motifs is 3. The Labute approximate surface area is 191 Å². The average molecular weight is 439 g/mol. The Kier molecular flexibility index (Phi) is 5.26. The summed E-state index contributed by atoms with van der Waals surface area (Å²) in [5.74, 6) is -1.09. The van der Waals surface area contributed by atoms with Gasteiger partial charge in [0.05, 0.1) is 30.9 Å². The van der Waals surface area contributed by atoms with Crippen LogP contribution >= 0.6 is 0 Å². The van der Waals surface area contributed by atoms with E-state index < -0.39 is 17.8 Å². The Morgan fingerprint density at radius 2 is 1.73 bits per heavy atom. The van der Waals surface area contributed by atoms with E-state index in [9.17, 15) is 9.18 Å². The van der Waals surface area contributed by atoms with Gasteiger partial charge in [-0.15, -0.1) is 0 Å². The summed E-state index contributed by atoms with van der Waals surface area (Å²) in [6, 6.07) is 20.6. The summed E-state index contributed by atoms with van der Waals surface area (Å²) in [5.41, 5.74) is 6.20. The van der Waals surface area contributed by atoms with E-state index in [2.05, 4.69) is 10.3 Å². The van der Waals surface area contributed by atoms with Gasteiger partial charge in [-0.3, -0.25) is 4.79 Å². The zero-order valence-corrected chi connectivity index (χ0v) is 18.2. The largest absolute Gasteiger partial charge is 0.495 e. The second-order valence-corrected chi connectivity index (χ2v) is 7.93. The molecular weight excluding hydrogens is 417 g/mol. The molecule has 6 heteroatoms. The highest BCUT2D eigenvalue weighted by atomic mass is 19.1. The van der Waals surface area contributed by atoms with Crippen LogP contribution in [0.5, 0.6) is 5.75 Å². The van der Waals surface area contributed by atoms with Crippen molar-refractivity contribution in [2.75, 3.05) is 7.11 Å². The zero-order valence-electron chi connectivity index (χ0n) is 18.2. The number of aromatic nitrogens is 2. The van der Waals surface area contributed by atoms with Gasteiger partial charge in [0.15, 0.2) is 5.83 Å². The number of benzene rings is 3. The molecule has 1 aliphatic carbocycles. The molecule has 0 bridgehead atoms. The molecule has 33 heavy (non-hydrogen) atoms. The van der Waals surface area contributed by atoms with E-state index >= 15 is 0 Å². The number of hydrogen-bond donors (Lipinski definition) is 1. The lowest BCUT2D eigenvalue weighted by atomic mass is 10.1. The van der Waals surface area contributed by atoms with Gasteiger partial charge in [0.1, 0.15) is 5.75 Å². The summed E-state index contributed by atoms with van der Waals surface area (Å²) >= 11 is 0. The number of aryl methyl sites for hydroxylation is 1. The van der Waals surface area contributed by atoms with Gasteiger partial charge in [0.2, 0.25) is 0 Å². The summed E-state index contributed by atoms with van der Waals surface area (Å²) < 4.78 is 22.3. The Balaban J connectivity index is 1.41. The third-order valence-corrected chi connectivity index (χ3v) is 5.81. The average Bonchev–Trinajstić information content (AvgIpc) is 3.41. The molecule has 1 aliphatic rings. The van der Waals surface area contributed by atoms with E-state index in [1.807, 2.05) is 66.2 Å². The van der Waals surface area contributed by atoms with Crippen LogP contribution in [0.15, 0.2) is 85.1 Å². The van der Waals surface area contributed by atoms with Crippen molar-refractivity contribution in [3.63, 3.8) is 0 Å². The fourth-order valence-electron chi connectivity index (χ4n) is 4.27. The molecule has 0 aliphatic heterocycles. The molecule has 0 atom stereocenters. The van der Waals surface area contributed by atoms with Crippen molar-refractivity contribution in [1.82, 2.24) is 14.9 Å². The summed E-state index contributed by atoms with van der Waals surface area (Å²) in [6.07, 6.45) is 4.78. The van der Waals surface area contributed by atoms with Crippen LogP contribution in [0.25, 0.3) is 22.9 Å². The maximum absolute atomic E-state index is 14.9. The molecule has 0 unspecified atom stereocenters. The second kappa shape index (κ2) is 8.39. The Hall–Kier alpha value is -4.19. The first-order valence-electron chi connectivity index (χ1n) is 10.6. The molecule has 164 valence electrons. The molecule has 3 aromatic carbocycles. The number of nitrogens with zero attached hydrogens (tertiary/aromatic N) is 2. The molecule has 0 radical (unpaired) electrons. The van der Waals surface area contributed by atoms with E-state index in [1.165, 1.54) is 6.08 Å². The van der Waals surface area contributed by atoms with Crippen molar-refractivity contribution in [2.24, 2.45) is 0 Å². The number of nitrogens with one attached hydrogen (secondary N) is 1. The topological polar surface area (TPSA) is 56.1 Å². The predicted molar refractivity (Wildman–Crippen MR) is 126 cm³/mol. The van der Waals surface area contributed by atoms with Crippen LogP contribution in [-0.4, -0.2) is 22.6 Å². The predicted octanol–water partition coefficient (Wildman–Crippen LogP) is 5.39. The van der Waals surface area contributed by atoms with Crippen LogP contribution < -0.4 is 10.1 Å². The number of ether oxygens (including phenoxy) is 1. The number of imidazole rings is 1. The van der Waals surface area contributed by atoms with Crippen molar-refractivity contribution in [3.8, 4) is 22.6 Å². The van der Waals surface area contributed by atoms with Crippen molar-refractivity contribution in [2.45, 2.75) is 13.0 Å². The normalized spacial score (nSPS) is 12.9. The number of rotatable bonds is 5. The van der Waals surface area contributed by atoms with E-state index in [0.29, 0.717) is 11.3 Å². The number of carbonyl (C=O) groups is 1. The molecule has 1 amide bonds. The first-order valence-corrected chi connectivity index (χ1v) is 10.6. The molecule has 1 N–H and O–H groups in total. The fraction of sp³-hybridized carbons (Fsp3) is 0.111. The first-order chi connectivity index (χ1) is 16.0. The lowest BCUT2D eigenvalue weighted by molar-refractivity contribution is -0.119. The molecule has 1 aromatic heterocycles. The van der Waals surface area contributed by atoms with Gasteiger partial charge in [-0.2, -0.15) is 0 Å². The van der Waals surface area contributed by atoms with Crippen molar-refractivity contribution >= 4 is 12.0 Å². The summed E-state index contributed by atoms with van der Waals surface area (Å²) in [7, 11) is 1.55. The SMILES string of the molecule is COc1cc(/C=C(\F)C(=O)NC2c3ccccc3-c3ccccc32)ccc1-n1cnc(C)c1. The van der Waals surface area contributed by atoms with E-state index in [-0.39, 0.29) is 0 Å². The molecule has 0 spiro atoms. The highest BCUT2D eigenvalue weighted by Crippen LogP contribution is 2.43. The van der Waals surface area contributed by atoms with Gasteiger partial charge in [0.25, 0.3) is 5.91 Å². The first kappa shape index (κ1) is 20.7. The van der Waals surface area contributed by atoms with Crippen LogP contribution in [0.4, 0.5) is 4.39 Å². The maximum Gasteiger partial charge on any atom is 0.280 e. The Morgan fingerprint density at radius 3 is 2.33 bits per heavy atom. The van der Waals surface area contributed by atoms with Gasteiger partial charge in [-0.1, -0.05) is 54.6 Å². The number of carbonyl (C=O) groups excluding carboxylic acids is 1. The van der Waals surface area contributed by atoms with Crippen LogP contribution in [-0.2, 0) is 4.79 Å². The van der Waals surface area contributed by atoms with Gasteiger partial charge >= 0.3 is 0 Å². The number of methoxy groups -OCH3 is 1. The smallest absolute Gasteiger partial charge is 0.280 e. The number of amides is 1. The lowest BCUT2D eigenvalue weighted by Gasteiger charge is -2.15. The van der Waals surface area contributed by atoms with Crippen molar-refractivity contribution in [1.29, 1.82) is 0 Å². The molecule has 0 fully saturated rings. The second-order valence-electron chi connectivity index (χ2n) is 7.93. The molecular formula is C27H22FN3O2. The minimum absolute atomic E-state index is 0.398. The highest BCUT2D eigenvalue weighted by Gasteiger charge is 2.29. The van der Waals surface area contributed by atoms with Crippen molar-refractivity contribution in [3.05, 3.63) is 107 Å². The van der Waals surface area contributed by atoms with Crippen LogP contribution in [0.2, 0.25) is 0 Å². The van der Waals surface area contributed by atoms with Crippen LogP contribution in [0, 0.1) is 6.92 Å². The van der Waals surface area contributed by atoms with Gasteiger partial charge in [0, 0.05) is 6.20 Å². The van der Waals surface area contributed by atoms with E-state index in [4.69, 9.17) is 4.74 Å². The van der Waals surface area contributed by atoms with Crippen LogP contribution in [0.3, 0.4) is 0 Å². The Morgan fingerprint density at radius 1 is 1.06 bits per heavy atom. The number of hydrogen-bond acceptors (Lipinski definition) is 3. The third-order valence-electron chi connectivity index (χ3n) is 5.81. The molecule has 0 saturated carbocycles. The molecule has 5 rings (SSSR count).